The molecule has 0 aromatic heterocycles. The molecule has 0 N–H and O–H groups in total. The zero-order chi connectivity index (χ0) is 12.8. The van der Waals surface area contributed by atoms with Crippen molar-refractivity contribution in [1.29, 1.82) is 0 Å². The lowest BCUT2D eigenvalue weighted by molar-refractivity contribution is -0.147. The maximum absolute atomic E-state index is 10.8. The fourth-order valence-electron chi connectivity index (χ4n) is 1.59. The Morgan fingerprint density at radius 3 is 2.72 bits per heavy atom. The Kier molecular flexibility index (Phi) is 4.16. The van der Waals surface area contributed by atoms with Crippen molar-refractivity contribution < 1.29 is 14.3 Å². The molecule has 92 valence electrons. The van der Waals surface area contributed by atoms with Gasteiger partial charge in [0.25, 0.3) is 0 Å². The average Bonchev–Trinajstić information content (AvgIpc) is 2.38. The Balaban J connectivity index is 1.94. The number of hydrogen-bond acceptors (Lipinski definition) is 3. The molecule has 0 radical (unpaired) electrons. The van der Waals surface area contributed by atoms with Crippen molar-refractivity contribution in [3.63, 3.8) is 0 Å². The van der Waals surface area contributed by atoms with E-state index in [0.717, 1.165) is 5.56 Å². The first kappa shape index (κ1) is 12.4. The summed E-state index contributed by atoms with van der Waals surface area (Å²) in [5, 5.41) is 0. The van der Waals surface area contributed by atoms with Crippen molar-refractivity contribution in [2.24, 2.45) is 0 Å². The van der Waals surface area contributed by atoms with Crippen molar-refractivity contribution in [3.8, 4) is 11.8 Å². The summed E-state index contributed by atoms with van der Waals surface area (Å²) >= 11 is 0. The summed E-state index contributed by atoms with van der Waals surface area (Å²) < 4.78 is 10.5. The van der Waals surface area contributed by atoms with Gasteiger partial charge < -0.3 is 9.47 Å². The van der Waals surface area contributed by atoms with Gasteiger partial charge in [-0.3, -0.25) is 4.79 Å². The minimum absolute atomic E-state index is 0.239. The molecule has 0 bridgehead atoms. The van der Waals surface area contributed by atoms with Crippen LogP contribution in [0.15, 0.2) is 42.5 Å². The maximum atomic E-state index is 10.8. The lowest BCUT2D eigenvalue weighted by Gasteiger charge is -2.20. The van der Waals surface area contributed by atoms with Gasteiger partial charge in [-0.2, -0.15) is 0 Å². The standard InChI is InChI=1S/C15H14O3/c1-12(16)18-15-10-9-14(17-11-15)8-7-13-5-3-2-4-6-13/h2-6,9-10,14-15H,11H2,1H3/t14-,15-/m0/s1. The van der Waals surface area contributed by atoms with Gasteiger partial charge in [0.2, 0.25) is 0 Å². The van der Waals surface area contributed by atoms with E-state index in [9.17, 15) is 4.79 Å². The second-order valence-electron chi connectivity index (χ2n) is 3.92. The maximum Gasteiger partial charge on any atom is 0.303 e. The van der Waals surface area contributed by atoms with E-state index in [4.69, 9.17) is 9.47 Å². The van der Waals surface area contributed by atoms with Gasteiger partial charge in [-0.25, -0.2) is 0 Å². The zero-order valence-electron chi connectivity index (χ0n) is 10.1. The molecule has 1 heterocycles. The monoisotopic (exact) mass is 242 g/mol. The highest BCUT2D eigenvalue weighted by atomic mass is 16.6. The topological polar surface area (TPSA) is 35.5 Å². The molecule has 0 saturated carbocycles. The SMILES string of the molecule is CC(=O)O[C@H]1C=C[C@H](C#Cc2ccccc2)OC1. The van der Waals surface area contributed by atoms with E-state index in [1.165, 1.54) is 6.92 Å². The summed E-state index contributed by atoms with van der Waals surface area (Å²) in [6.45, 7) is 1.74. The van der Waals surface area contributed by atoms with Gasteiger partial charge in [0, 0.05) is 12.5 Å². The lowest BCUT2D eigenvalue weighted by atomic mass is 10.2. The number of benzene rings is 1. The first-order chi connectivity index (χ1) is 8.74. The molecule has 3 nitrogen and oxygen atoms in total. The minimum Gasteiger partial charge on any atom is -0.456 e. The zero-order valence-corrected chi connectivity index (χ0v) is 10.1. The van der Waals surface area contributed by atoms with Crippen LogP contribution in [0.3, 0.4) is 0 Å². The van der Waals surface area contributed by atoms with Gasteiger partial charge in [-0.1, -0.05) is 30.0 Å². The van der Waals surface area contributed by atoms with Crippen LogP contribution in [-0.4, -0.2) is 24.8 Å². The van der Waals surface area contributed by atoms with Crippen LogP contribution in [0.1, 0.15) is 12.5 Å². The second kappa shape index (κ2) is 6.04. The molecule has 0 saturated heterocycles. The molecular weight excluding hydrogens is 228 g/mol. The van der Waals surface area contributed by atoms with E-state index in [0.29, 0.717) is 6.61 Å². The van der Waals surface area contributed by atoms with Crippen LogP contribution in [0.25, 0.3) is 0 Å². The molecule has 1 aromatic rings. The molecule has 0 amide bonds. The van der Waals surface area contributed by atoms with Crippen LogP contribution in [-0.2, 0) is 14.3 Å². The van der Waals surface area contributed by atoms with Gasteiger partial charge in [0.15, 0.2) is 0 Å². The van der Waals surface area contributed by atoms with Crippen molar-refractivity contribution in [2.45, 2.75) is 19.1 Å². The highest BCUT2D eigenvalue weighted by molar-refractivity contribution is 5.66. The number of esters is 1. The Labute approximate surface area is 106 Å². The Morgan fingerprint density at radius 2 is 2.11 bits per heavy atom. The van der Waals surface area contributed by atoms with E-state index in [-0.39, 0.29) is 18.2 Å². The Morgan fingerprint density at radius 1 is 1.33 bits per heavy atom. The molecule has 2 rings (SSSR count). The third-order valence-corrected chi connectivity index (χ3v) is 2.39. The molecule has 0 spiro atoms. The van der Waals surface area contributed by atoms with Gasteiger partial charge in [0.1, 0.15) is 12.2 Å². The van der Waals surface area contributed by atoms with E-state index in [1.807, 2.05) is 42.5 Å². The summed E-state index contributed by atoms with van der Waals surface area (Å²) in [7, 11) is 0. The predicted molar refractivity (Wildman–Crippen MR) is 67.8 cm³/mol. The Hall–Kier alpha value is -2.05. The third-order valence-electron chi connectivity index (χ3n) is 2.39. The summed E-state index contributed by atoms with van der Waals surface area (Å²) in [6, 6.07) is 9.73. The first-order valence-electron chi connectivity index (χ1n) is 5.78. The number of rotatable bonds is 1. The van der Waals surface area contributed by atoms with Crippen LogP contribution in [0.2, 0.25) is 0 Å². The number of carbonyl (C=O) groups is 1. The summed E-state index contributed by atoms with van der Waals surface area (Å²) in [5.74, 6) is 5.74. The fourth-order valence-corrected chi connectivity index (χ4v) is 1.59. The predicted octanol–water partition coefficient (Wildman–Crippen LogP) is 1.92. The average molecular weight is 242 g/mol. The van der Waals surface area contributed by atoms with Crippen molar-refractivity contribution in [1.82, 2.24) is 0 Å². The summed E-state index contributed by atoms with van der Waals surface area (Å²) in [6.07, 6.45) is 3.09. The summed E-state index contributed by atoms with van der Waals surface area (Å²) in [4.78, 5) is 10.8. The molecule has 0 fully saturated rings. The van der Waals surface area contributed by atoms with E-state index in [2.05, 4.69) is 11.8 Å². The molecule has 1 aromatic carbocycles. The quantitative estimate of drug-likeness (QED) is 0.429. The van der Waals surface area contributed by atoms with Gasteiger partial charge in [0.05, 0.1) is 6.61 Å². The molecule has 18 heavy (non-hydrogen) atoms. The number of hydrogen-bond donors (Lipinski definition) is 0. The van der Waals surface area contributed by atoms with Crippen molar-refractivity contribution in [3.05, 3.63) is 48.0 Å². The minimum atomic E-state index is -0.304. The molecule has 0 aliphatic carbocycles. The normalized spacial score (nSPS) is 21.8. The lowest BCUT2D eigenvalue weighted by Crippen LogP contribution is -2.27. The van der Waals surface area contributed by atoms with Crippen molar-refractivity contribution in [2.75, 3.05) is 6.61 Å². The molecule has 0 unspecified atom stereocenters. The van der Waals surface area contributed by atoms with Crippen LogP contribution >= 0.6 is 0 Å². The second-order valence-corrected chi connectivity index (χ2v) is 3.92. The number of ether oxygens (including phenoxy) is 2. The van der Waals surface area contributed by atoms with Crippen LogP contribution < -0.4 is 0 Å². The number of carbonyl (C=O) groups excluding carboxylic acids is 1. The van der Waals surface area contributed by atoms with Gasteiger partial charge in [-0.05, 0) is 24.3 Å². The summed E-state index contributed by atoms with van der Waals surface area (Å²) in [5.41, 5.74) is 0.955. The molecule has 1 aliphatic heterocycles. The molecule has 2 atom stereocenters. The highest BCUT2D eigenvalue weighted by Crippen LogP contribution is 2.08. The van der Waals surface area contributed by atoms with Crippen LogP contribution in [0, 0.1) is 11.8 Å². The first-order valence-corrected chi connectivity index (χ1v) is 5.78. The molecule has 1 aliphatic rings. The fraction of sp³-hybridized carbons (Fsp3) is 0.267. The third kappa shape index (κ3) is 3.76. The van der Waals surface area contributed by atoms with Crippen LogP contribution in [0.4, 0.5) is 0 Å². The van der Waals surface area contributed by atoms with Crippen LogP contribution in [0.5, 0.6) is 0 Å². The highest BCUT2D eigenvalue weighted by Gasteiger charge is 2.16. The van der Waals surface area contributed by atoms with Crippen molar-refractivity contribution >= 4 is 5.97 Å². The molecule has 3 heteroatoms. The molecular formula is C15H14O3. The van der Waals surface area contributed by atoms with Gasteiger partial charge in [-0.15, -0.1) is 0 Å². The van der Waals surface area contributed by atoms with E-state index < -0.39 is 0 Å². The van der Waals surface area contributed by atoms with E-state index >= 15 is 0 Å². The van der Waals surface area contributed by atoms with E-state index in [1.54, 1.807) is 0 Å². The Bertz CT molecular complexity index is 493. The largest absolute Gasteiger partial charge is 0.456 e. The smallest absolute Gasteiger partial charge is 0.303 e. The van der Waals surface area contributed by atoms with Gasteiger partial charge >= 0.3 is 5.97 Å².